The molecule has 10 heteroatoms. The van der Waals surface area contributed by atoms with Crippen LogP contribution in [-0.2, 0) is 0 Å². The van der Waals surface area contributed by atoms with E-state index in [-0.39, 0.29) is 11.9 Å². The van der Waals surface area contributed by atoms with Crippen molar-refractivity contribution in [2.75, 3.05) is 22.2 Å². The number of carbonyl (C=O) groups excluding carboxylic acids is 1. The van der Waals surface area contributed by atoms with Crippen molar-refractivity contribution in [1.29, 1.82) is 10.8 Å². The van der Waals surface area contributed by atoms with Crippen LogP contribution in [0.1, 0.15) is 49.4 Å². The molecule has 1 amide bonds. The predicted octanol–water partition coefficient (Wildman–Crippen LogP) is 4.17. The van der Waals surface area contributed by atoms with E-state index in [1.807, 2.05) is 0 Å². The molecule has 4 rings (SSSR count). The SMILES string of the molecule is CC[C@@H]1C(=N)N(C=N)c2cnc(Nc3ccc(C(=O)NC)cc3Cl)nc2N1C1CCCC1. The molecule has 1 fully saturated rings. The van der Waals surface area contributed by atoms with Gasteiger partial charge in [-0.2, -0.15) is 4.98 Å². The topological polar surface area (TPSA) is 121 Å². The van der Waals surface area contributed by atoms with Gasteiger partial charge in [-0.1, -0.05) is 31.4 Å². The summed E-state index contributed by atoms with van der Waals surface area (Å²) in [4.78, 5) is 24.9. The third-order valence-electron chi connectivity index (χ3n) is 6.10. The van der Waals surface area contributed by atoms with E-state index < -0.39 is 0 Å². The van der Waals surface area contributed by atoms with E-state index in [4.69, 9.17) is 27.4 Å². The summed E-state index contributed by atoms with van der Waals surface area (Å²) in [5.41, 5.74) is 1.69. The van der Waals surface area contributed by atoms with E-state index in [1.165, 1.54) is 0 Å². The molecule has 2 aromatic rings. The Kier molecular flexibility index (Phi) is 6.27. The van der Waals surface area contributed by atoms with E-state index in [1.54, 1.807) is 36.3 Å². The van der Waals surface area contributed by atoms with Crippen LogP contribution in [0.3, 0.4) is 0 Å². The van der Waals surface area contributed by atoms with Crippen molar-refractivity contribution in [1.82, 2.24) is 15.3 Å². The lowest BCUT2D eigenvalue weighted by Gasteiger charge is -2.44. The van der Waals surface area contributed by atoms with Crippen LogP contribution in [0.4, 0.5) is 23.1 Å². The summed E-state index contributed by atoms with van der Waals surface area (Å²) in [6.45, 7) is 2.06. The first kappa shape index (κ1) is 22.0. The van der Waals surface area contributed by atoms with E-state index in [9.17, 15) is 4.79 Å². The number of hydrogen-bond acceptors (Lipinski definition) is 7. The highest BCUT2D eigenvalue weighted by Gasteiger charge is 2.40. The fourth-order valence-corrected chi connectivity index (χ4v) is 4.75. The number of rotatable bonds is 6. The number of nitrogens with zero attached hydrogens (tertiary/aromatic N) is 4. The van der Waals surface area contributed by atoms with Crippen molar-refractivity contribution in [3.8, 4) is 0 Å². The van der Waals surface area contributed by atoms with E-state index in [0.29, 0.717) is 39.8 Å². The van der Waals surface area contributed by atoms with Crippen LogP contribution in [0.5, 0.6) is 0 Å². The lowest BCUT2D eigenvalue weighted by molar-refractivity contribution is 0.0963. The molecule has 2 aliphatic rings. The maximum atomic E-state index is 11.8. The standard InChI is InChI=1S/C22H27ClN8O/c1-3-17-19(25)30(12-24)18-11-27-22(29-20(18)31(17)14-6-4-5-7-14)28-16-9-8-13(10-15(16)23)21(32)26-2/h8-12,14,17,24-25H,3-7H2,1-2H3,(H,26,32)(H,27,28,29)/t17-/m1/s1. The van der Waals surface area contributed by atoms with Crippen molar-refractivity contribution in [2.24, 2.45) is 0 Å². The minimum Gasteiger partial charge on any atom is -0.355 e. The Balaban J connectivity index is 1.72. The number of aromatic nitrogens is 2. The molecule has 32 heavy (non-hydrogen) atoms. The van der Waals surface area contributed by atoms with Crippen molar-refractivity contribution in [2.45, 2.75) is 51.1 Å². The van der Waals surface area contributed by atoms with Crippen LogP contribution in [0, 0.1) is 10.8 Å². The lowest BCUT2D eigenvalue weighted by atomic mass is 10.0. The molecule has 0 unspecified atom stereocenters. The van der Waals surface area contributed by atoms with Gasteiger partial charge >= 0.3 is 0 Å². The Bertz CT molecular complexity index is 1050. The Morgan fingerprint density at radius 1 is 1.34 bits per heavy atom. The highest BCUT2D eigenvalue weighted by Crippen LogP contribution is 2.40. The quantitative estimate of drug-likeness (QED) is 0.384. The zero-order valence-corrected chi connectivity index (χ0v) is 18.9. The van der Waals surface area contributed by atoms with Crippen LogP contribution in [0.15, 0.2) is 24.4 Å². The average Bonchev–Trinajstić information content (AvgIpc) is 3.33. The minimum atomic E-state index is -0.213. The van der Waals surface area contributed by atoms with E-state index >= 15 is 0 Å². The van der Waals surface area contributed by atoms with Crippen LogP contribution >= 0.6 is 11.6 Å². The molecule has 9 nitrogen and oxygen atoms in total. The molecule has 1 atom stereocenters. The largest absolute Gasteiger partial charge is 0.355 e. The predicted molar refractivity (Wildman–Crippen MR) is 128 cm³/mol. The number of carbonyl (C=O) groups is 1. The van der Waals surface area contributed by atoms with Crippen molar-refractivity contribution >= 4 is 52.8 Å². The van der Waals surface area contributed by atoms with Gasteiger partial charge in [-0.15, -0.1) is 0 Å². The fraction of sp³-hybridized carbons (Fsp3) is 0.409. The number of benzene rings is 1. The molecule has 1 aliphatic heterocycles. The average molecular weight is 455 g/mol. The van der Waals surface area contributed by atoms with Gasteiger partial charge in [-0.05, 0) is 37.5 Å². The van der Waals surface area contributed by atoms with Gasteiger partial charge in [0, 0.05) is 18.7 Å². The van der Waals surface area contributed by atoms with Gasteiger partial charge in [0.1, 0.15) is 11.5 Å². The first-order chi connectivity index (χ1) is 15.5. The van der Waals surface area contributed by atoms with Gasteiger partial charge in [-0.25, -0.2) is 4.98 Å². The molecule has 1 aromatic carbocycles. The first-order valence-corrected chi connectivity index (χ1v) is 11.2. The normalized spacial score (nSPS) is 18.5. The van der Waals surface area contributed by atoms with Crippen LogP contribution in [0.2, 0.25) is 5.02 Å². The fourth-order valence-electron chi connectivity index (χ4n) is 4.52. The summed E-state index contributed by atoms with van der Waals surface area (Å²) in [6, 6.07) is 5.16. The van der Waals surface area contributed by atoms with Crippen molar-refractivity contribution in [3.63, 3.8) is 0 Å². The summed E-state index contributed by atoms with van der Waals surface area (Å²) >= 11 is 6.39. The molecular formula is C22H27ClN8O. The van der Waals surface area contributed by atoms with Gasteiger partial charge in [0.2, 0.25) is 5.95 Å². The third kappa shape index (κ3) is 3.88. The van der Waals surface area contributed by atoms with Gasteiger partial charge < -0.3 is 15.5 Å². The van der Waals surface area contributed by atoms with Crippen molar-refractivity contribution in [3.05, 3.63) is 35.0 Å². The van der Waals surface area contributed by atoms with Crippen LogP contribution in [0.25, 0.3) is 0 Å². The van der Waals surface area contributed by atoms with E-state index in [0.717, 1.165) is 44.3 Å². The Labute approximate surface area is 192 Å². The molecule has 1 aliphatic carbocycles. The third-order valence-corrected chi connectivity index (χ3v) is 6.42. The van der Waals surface area contributed by atoms with Crippen molar-refractivity contribution < 1.29 is 4.79 Å². The van der Waals surface area contributed by atoms with Gasteiger partial charge in [0.15, 0.2) is 5.82 Å². The first-order valence-electron chi connectivity index (χ1n) is 10.8. The smallest absolute Gasteiger partial charge is 0.251 e. The molecule has 1 aromatic heterocycles. The zero-order chi connectivity index (χ0) is 22.8. The number of hydrogen-bond donors (Lipinski definition) is 4. The Morgan fingerprint density at radius 2 is 2.09 bits per heavy atom. The second-order valence-electron chi connectivity index (χ2n) is 7.96. The summed E-state index contributed by atoms with van der Waals surface area (Å²) in [5.74, 6) is 1.25. The monoisotopic (exact) mass is 454 g/mol. The van der Waals surface area contributed by atoms with Gasteiger partial charge in [0.25, 0.3) is 5.91 Å². The Hall–Kier alpha value is -3.20. The van der Waals surface area contributed by atoms with Crippen LogP contribution < -0.4 is 20.4 Å². The second-order valence-corrected chi connectivity index (χ2v) is 8.36. The molecule has 1 saturated carbocycles. The molecule has 168 valence electrons. The summed E-state index contributed by atoms with van der Waals surface area (Å²) in [5, 5.41) is 22.6. The number of fused-ring (bicyclic) bond motifs is 1. The highest BCUT2D eigenvalue weighted by atomic mass is 35.5. The van der Waals surface area contributed by atoms with Crippen LogP contribution in [-0.4, -0.2) is 47.2 Å². The molecular weight excluding hydrogens is 428 g/mol. The summed E-state index contributed by atoms with van der Waals surface area (Å²) < 4.78 is 0. The molecule has 0 saturated heterocycles. The summed E-state index contributed by atoms with van der Waals surface area (Å²) in [7, 11) is 1.57. The number of halogens is 1. The van der Waals surface area contributed by atoms with Gasteiger partial charge in [-0.3, -0.25) is 20.5 Å². The molecule has 2 heterocycles. The van der Waals surface area contributed by atoms with Gasteiger partial charge in [0.05, 0.1) is 29.3 Å². The van der Waals surface area contributed by atoms with E-state index in [2.05, 4.69) is 27.4 Å². The number of amidine groups is 1. The molecule has 4 N–H and O–H groups in total. The minimum absolute atomic E-state index is 0.148. The maximum absolute atomic E-state index is 11.8. The Morgan fingerprint density at radius 3 is 2.72 bits per heavy atom. The summed E-state index contributed by atoms with van der Waals surface area (Å²) in [6.07, 6.45) is 8.00. The maximum Gasteiger partial charge on any atom is 0.251 e. The number of amides is 1. The molecule has 0 spiro atoms. The second kappa shape index (κ2) is 9.12. The highest BCUT2D eigenvalue weighted by molar-refractivity contribution is 6.33. The molecule has 0 bridgehead atoms. The molecule has 0 radical (unpaired) electrons. The number of nitrogens with one attached hydrogen (secondary N) is 4. The number of anilines is 4. The lowest BCUT2D eigenvalue weighted by Crippen LogP contribution is -2.56. The zero-order valence-electron chi connectivity index (χ0n) is 18.2.